The molecule has 2 aromatic rings. The predicted molar refractivity (Wildman–Crippen MR) is 72.2 cm³/mol. The van der Waals surface area contributed by atoms with E-state index in [4.69, 9.17) is 9.47 Å². The number of aliphatic hydroxyl groups is 1. The van der Waals surface area contributed by atoms with Crippen molar-refractivity contribution in [2.24, 2.45) is 0 Å². The fourth-order valence-electron chi connectivity index (χ4n) is 2.24. The zero-order valence-corrected chi connectivity index (χ0v) is 10.8. The van der Waals surface area contributed by atoms with Gasteiger partial charge in [0.05, 0.1) is 0 Å². The van der Waals surface area contributed by atoms with Gasteiger partial charge in [0.1, 0.15) is 11.5 Å². The molecule has 0 bridgehead atoms. The fraction of sp³-hybridized carbons (Fsp3) is 0.250. The van der Waals surface area contributed by atoms with Gasteiger partial charge < -0.3 is 14.6 Å². The molecule has 0 saturated heterocycles. The van der Waals surface area contributed by atoms with Crippen LogP contribution in [0, 0.1) is 0 Å². The molecule has 0 saturated carbocycles. The maximum absolute atomic E-state index is 10.2. The third-order valence-electron chi connectivity index (χ3n) is 3.22. The van der Waals surface area contributed by atoms with Crippen molar-refractivity contribution in [3.8, 4) is 11.5 Å². The number of ether oxygens (including phenoxy) is 2. The molecule has 0 aliphatic heterocycles. The monoisotopic (exact) mass is 256 g/mol. The van der Waals surface area contributed by atoms with Gasteiger partial charge in [-0.1, -0.05) is 30.3 Å². The minimum Gasteiger partial charge on any atom is -0.430 e. The summed E-state index contributed by atoms with van der Waals surface area (Å²) in [5.74, 6) is -0.404. The lowest BCUT2D eigenvalue weighted by atomic mass is 9.88. The summed E-state index contributed by atoms with van der Waals surface area (Å²) < 4.78 is 11.1. The third kappa shape index (κ3) is 2.56. The van der Waals surface area contributed by atoms with Crippen molar-refractivity contribution in [1.29, 1.82) is 0 Å². The van der Waals surface area contributed by atoms with Gasteiger partial charge in [0.2, 0.25) is 0 Å². The van der Waals surface area contributed by atoms with Gasteiger partial charge in [0.15, 0.2) is 0 Å². The minimum atomic E-state index is -1.67. The van der Waals surface area contributed by atoms with E-state index in [1.807, 2.05) is 30.3 Å². The average molecular weight is 256 g/mol. The fourth-order valence-corrected chi connectivity index (χ4v) is 2.24. The molecule has 1 unspecified atom stereocenters. The summed E-state index contributed by atoms with van der Waals surface area (Å²) in [4.78, 5) is 0. The predicted octanol–water partition coefficient (Wildman–Crippen LogP) is 2.91. The highest BCUT2D eigenvalue weighted by atomic mass is 16.8. The number of benzene rings is 2. The van der Waals surface area contributed by atoms with Gasteiger partial charge in [-0.3, -0.25) is 0 Å². The van der Waals surface area contributed by atoms with E-state index in [-0.39, 0.29) is 0 Å². The van der Waals surface area contributed by atoms with Gasteiger partial charge in [0, 0.05) is 6.92 Å². The summed E-state index contributed by atoms with van der Waals surface area (Å²) in [6.45, 7) is 1.50. The van der Waals surface area contributed by atoms with Crippen LogP contribution in [0.5, 0.6) is 11.5 Å². The number of aryl methyl sites for hydroxylation is 1. The molecule has 1 aliphatic rings. The molecule has 3 heteroatoms. The lowest BCUT2D eigenvalue weighted by Gasteiger charge is -2.29. The largest absolute Gasteiger partial charge is 0.430 e. The molecular formula is C16H16O3. The van der Waals surface area contributed by atoms with Crippen LogP contribution >= 0.6 is 0 Å². The molecule has 1 N–H and O–H groups in total. The van der Waals surface area contributed by atoms with Crippen molar-refractivity contribution < 1.29 is 14.6 Å². The Morgan fingerprint density at radius 2 is 1.74 bits per heavy atom. The Hall–Kier alpha value is -2.00. The second-order valence-corrected chi connectivity index (χ2v) is 4.81. The molecule has 0 aromatic heterocycles. The first kappa shape index (κ1) is 12.1. The highest BCUT2D eigenvalue weighted by Gasteiger charge is 2.28. The third-order valence-corrected chi connectivity index (χ3v) is 3.22. The van der Waals surface area contributed by atoms with E-state index in [2.05, 4.69) is 6.07 Å². The van der Waals surface area contributed by atoms with Crippen LogP contribution in [0.1, 0.15) is 18.1 Å². The molecule has 0 fully saturated rings. The van der Waals surface area contributed by atoms with Crippen LogP contribution < -0.4 is 9.47 Å². The smallest absolute Gasteiger partial charge is 0.366 e. The van der Waals surface area contributed by atoms with E-state index in [1.54, 1.807) is 12.1 Å². The van der Waals surface area contributed by atoms with Crippen LogP contribution in [0.4, 0.5) is 0 Å². The normalized spacial score (nSPS) is 15.9. The molecule has 1 atom stereocenters. The van der Waals surface area contributed by atoms with Gasteiger partial charge in [0.25, 0.3) is 0 Å². The Bertz CT molecular complexity index is 576. The second kappa shape index (κ2) is 4.59. The van der Waals surface area contributed by atoms with E-state index >= 15 is 0 Å². The molecule has 2 aromatic carbocycles. The maximum Gasteiger partial charge on any atom is 0.366 e. The SMILES string of the molecule is CC(O)(Oc1ccccc1)Oc1cccc2c1CC2. The van der Waals surface area contributed by atoms with Crippen molar-refractivity contribution in [1.82, 2.24) is 0 Å². The Morgan fingerprint density at radius 1 is 0.947 bits per heavy atom. The van der Waals surface area contributed by atoms with Crippen LogP contribution in [-0.4, -0.2) is 11.1 Å². The molecule has 1 aliphatic carbocycles. The first-order valence-electron chi connectivity index (χ1n) is 6.40. The zero-order valence-electron chi connectivity index (χ0n) is 10.8. The highest BCUT2D eigenvalue weighted by Crippen LogP contribution is 2.33. The van der Waals surface area contributed by atoms with Crippen LogP contribution in [0.25, 0.3) is 0 Å². The number of rotatable bonds is 4. The summed E-state index contributed by atoms with van der Waals surface area (Å²) in [5.41, 5.74) is 2.45. The summed E-state index contributed by atoms with van der Waals surface area (Å²) in [7, 11) is 0. The topological polar surface area (TPSA) is 38.7 Å². The van der Waals surface area contributed by atoms with E-state index in [0.717, 1.165) is 12.8 Å². The van der Waals surface area contributed by atoms with E-state index < -0.39 is 5.97 Å². The maximum atomic E-state index is 10.2. The van der Waals surface area contributed by atoms with E-state index in [1.165, 1.54) is 18.1 Å². The average Bonchev–Trinajstić information content (AvgIpc) is 2.31. The Kier molecular flexibility index (Phi) is 2.91. The highest BCUT2D eigenvalue weighted by molar-refractivity contribution is 5.46. The van der Waals surface area contributed by atoms with Crippen molar-refractivity contribution in [3.05, 3.63) is 59.7 Å². The van der Waals surface area contributed by atoms with Gasteiger partial charge in [-0.25, -0.2) is 0 Å². The molecule has 0 radical (unpaired) electrons. The van der Waals surface area contributed by atoms with Crippen LogP contribution in [0.3, 0.4) is 0 Å². The molecule has 3 rings (SSSR count). The van der Waals surface area contributed by atoms with E-state index in [9.17, 15) is 5.11 Å². The van der Waals surface area contributed by atoms with Crippen LogP contribution in [0.15, 0.2) is 48.5 Å². The lowest BCUT2D eigenvalue weighted by Crippen LogP contribution is -2.39. The Balaban J connectivity index is 1.76. The van der Waals surface area contributed by atoms with Gasteiger partial charge in [-0.15, -0.1) is 0 Å². The number of para-hydroxylation sites is 1. The van der Waals surface area contributed by atoms with Gasteiger partial charge >= 0.3 is 5.97 Å². The Morgan fingerprint density at radius 3 is 2.42 bits per heavy atom. The summed E-state index contributed by atoms with van der Waals surface area (Å²) in [5, 5.41) is 10.2. The second-order valence-electron chi connectivity index (χ2n) is 4.81. The van der Waals surface area contributed by atoms with Crippen molar-refractivity contribution in [2.45, 2.75) is 25.7 Å². The van der Waals surface area contributed by atoms with Crippen molar-refractivity contribution in [3.63, 3.8) is 0 Å². The first-order valence-corrected chi connectivity index (χ1v) is 6.40. The Labute approximate surface area is 112 Å². The summed E-state index contributed by atoms with van der Waals surface area (Å²) in [6, 6.07) is 15.0. The molecule has 0 spiro atoms. The number of hydrogen-bond acceptors (Lipinski definition) is 3. The summed E-state index contributed by atoms with van der Waals surface area (Å²) >= 11 is 0. The summed E-state index contributed by atoms with van der Waals surface area (Å²) in [6.07, 6.45) is 2.07. The van der Waals surface area contributed by atoms with Crippen LogP contribution in [0.2, 0.25) is 0 Å². The molecule has 3 nitrogen and oxygen atoms in total. The quantitative estimate of drug-likeness (QED) is 0.855. The molecule has 98 valence electrons. The standard InChI is InChI=1S/C16H16O3/c1-16(17,18-13-7-3-2-4-8-13)19-15-9-5-6-12-10-11-14(12)15/h2-9,17H,10-11H2,1H3. The number of hydrogen-bond donors (Lipinski definition) is 1. The lowest BCUT2D eigenvalue weighted by molar-refractivity contribution is -0.258. The zero-order chi connectivity index (χ0) is 13.3. The van der Waals surface area contributed by atoms with Gasteiger partial charge in [-0.2, -0.15) is 0 Å². The molecule has 0 heterocycles. The first-order chi connectivity index (χ1) is 9.14. The number of fused-ring (bicyclic) bond motifs is 1. The molecule has 19 heavy (non-hydrogen) atoms. The van der Waals surface area contributed by atoms with E-state index in [0.29, 0.717) is 11.5 Å². The molecular weight excluding hydrogens is 240 g/mol. The van der Waals surface area contributed by atoms with Crippen molar-refractivity contribution in [2.75, 3.05) is 0 Å². The minimum absolute atomic E-state index is 0.572. The van der Waals surface area contributed by atoms with Crippen molar-refractivity contribution >= 4 is 0 Å². The molecule has 0 amide bonds. The van der Waals surface area contributed by atoms with Crippen LogP contribution in [-0.2, 0) is 12.8 Å². The van der Waals surface area contributed by atoms with Gasteiger partial charge in [-0.05, 0) is 42.2 Å².